The fourth-order valence-corrected chi connectivity index (χ4v) is 4.69. The Labute approximate surface area is 303 Å². The zero-order valence-electron chi connectivity index (χ0n) is 29.4. The molecule has 2 heterocycles. The molecule has 21 heteroatoms. The Kier molecular flexibility index (Phi) is 18.0. The number of methoxy groups -OCH3 is 2. The van der Waals surface area contributed by atoms with E-state index in [0.29, 0.717) is 55.9 Å². The van der Waals surface area contributed by atoms with Gasteiger partial charge in [-0.3, -0.25) is 4.79 Å². The summed E-state index contributed by atoms with van der Waals surface area (Å²) in [5.41, 5.74) is 0.0407. The molecule has 0 spiro atoms. The Morgan fingerprint density at radius 1 is 1.10 bits per heavy atom. The highest BCUT2D eigenvalue weighted by atomic mass is 32.1. The van der Waals surface area contributed by atoms with Crippen LogP contribution in [0.4, 0.5) is 5.82 Å². The lowest BCUT2D eigenvalue weighted by atomic mass is 10.1. The molecule has 52 heavy (non-hydrogen) atoms. The van der Waals surface area contributed by atoms with Crippen molar-refractivity contribution in [2.75, 3.05) is 65.2 Å². The number of hydrogen-bond acceptors (Lipinski definition) is 18. The first-order valence-electron chi connectivity index (χ1n) is 15.7. The van der Waals surface area contributed by atoms with Gasteiger partial charge in [0.05, 0.1) is 45.8 Å². The number of benzene rings is 1. The van der Waals surface area contributed by atoms with Crippen LogP contribution < -0.4 is 24.4 Å². The van der Waals surface area contributed by atoms with Crippen LogP contribution in [0.25, 0.3) is 0 Å². The van der Waals surface area contributed by atoms with Gasteiger partial charge >= 0.3 is 23.9 Å². The number of carbonyl (C=O) groups is 4. The maximum atomic E-state index is 13.7. The third-order valence-electron chi connectivity index (χ3n) is 6.59. The molecule has 3 N–H and O–H groups in total. The Balaban J connectivity index is 0.00000104. The summed E-state index contributed by atoms with van der Waals surface area (Å²) in [6.07, 6.45) is 0.319. The lowest BCUT2D eigenvalue weighted by molar-refractivity contribution is -0.757. The predicted molar refractivity (Wildman–Crippen MR) is 181 cm³/mol. The number of rotatable bonds is 19. The first-order valence-corrected chi connectivity index (χ1v) is 16.4. The van der Waals surface area contributed by atoms with Gasteiger partial charge in [-0.1, -0.05) is 0 Å². The van der Waals surface area contributed by atoms with Gasteiger partial charge in [-0.15, -0.1) is 14.5 Å². The highest BCUT2D eigenvalue weighted by Gasteiger charge is 2.27. The summed E-state index contributed by atoms with van der Waals surface area (Å²) in [4.78, 5) is 61.6. The molecule has 1 saturated heterocycles. The number of morpholine rings is 1. The number of aliphatic carboxylic acids is 2. The standard InChI is InChI=1S/C27H39N5O11S.C4H4O4/c1-27(2,3)28-15-20(17-41-25-24(29-44-30-25)31-8-11-39-12-9-31)43-26(34)23-18(13-19(37-4)14-21(23)38-5)16-40-22(33)7-6-10-42-32(35)36;5-3(6)1-2-4(7)8/h13-14,20,28H,6-12,15-17H2,1-5H3;1-2H,(H,5,6)(H,7,8)/b;2-1-/t20-;/m0./s1. The largest absolute Gasteiger partial charge is 0.497 e. The summed E-state index contributed by atoms with van der Waals surface area (Å²) < 4.78 is 42.2. The molecule has 0 radical (unpaired) electrons. The maximum absolute atomic E-state index is 13.7. The van der Waals surface area contributed by atoms with Gasteiger partial charge in [-0.25, -0.2) is 14.4 Å². The van der Waals surface area contributed by atoms with Crippen molar-refractivity contribution in [1.29, 1.82) is 0 Å². The summed E-state index contributed by atoms with van der Waals surface area (Å²) in [5.74, 6) is -2.41. The van der Waals surface area contributed by atoms with Crippen molar-refractivity contribution in [3.8, 4) is 17.4 Å². The number of carboxylic acids is 2. The maximum Gasteiger partial charge on any atom is 0.342 e. The van der Waals surface area contributed by atoms with Gasteiger partial charge in [0.25, 0.3) is 11.0 Å². The Hall–Kier alpha value is -5.28. The average Bonchev–Trinajstić information content (AvgIpc) is 3.58. The molecular formula is C31H43N5O15S. The second-order valence-corrected chi connectivity index (χ2v) is 12.2. The summed E-state index contributed by atoms with van der Waals surface area (Å²) in [5, 5.41) is 28.3. The smallest absolute Gasteiger partial charge is 0.342 e. The van der Waals surface area contributed by atoms with E-state index in [0.717, 1.165) is 11.7 Å². The van der Waals surface area contributed by atoms with Crippen LogP contribution >= 0.6 is 11.7 Å². The van der Waals surface area contributed by atoms with E-state index in [1.807, 2.05) is 25.7 Å². The molecule has 0 bridgehead atoms. The summed E-state index contributed by atoms with van der Waals surface area (Å²) in [6.45, 7) is 8.09. The third-order valence-corrected chi connectivity index (χ3v) is 7.09. The zero-order valence-corrected chi connectivity index (χ0v) is 30.2. The van der Waals surface area contributed by atoms with Gasteiger partial charge < -0.3 is 53.7 Å². The molecule has 0 aliphatic carbocycles. The summed E-state index contributed by atoms with van der Waals surface area (Å²) in [6, 6.07) is 3.06. The number of aromatic nitrogens is 2. The number of carbonyl (C=O) groups excluding carboxylic acids is 2. The van der Waals surface area contributed by atoms with Gasteiger partial charge in [-0.2, -0.15) is 4.37 Å². The van der Waals surface area contributed by atoms with Crippen LogP contribution in [0.2, 0.25) is 0 Å². The van der Waals surface area contributed by atoms with E-state index >= 15 is 0 Å². The normalized spacial score (nSPS) is 13.3. The van der Waals surface area contributed by atoms with Crippen LogP contribution in [-0.4, -0.2) is 120 Å². The number of ether oxygens (including phenoxy) is 6. The quantitative estimate of drug-likeness (QED) is 0.0609. The fourth-order valence-electron chi connectivity index (χ4n) is 4.17. The van der Waals surface area contributed by atoms with Crippen molar-refractivity contribution in [3.63, 3.8) is 0 Å². The highest BCUT2D eigenvalue weighted by Crippen LogP contribution is 2.31. The van der Waals surface area contributed by atoms with Crippen LogP contribution in [0.1, 0.15) is 49.5 Å². The molecule has 1 fully saturated rings. The third kappa shape index (κ3) is 16.2. The van der Waals surface area contributed by atoms with E-state index < -0.39 is 35.1 Å². The minimum absolute atomic E-state index is 0.0212. The first kappa shape index (κ1) is 42.9. The molecule has 288 valence electrons. The van der Waals surface area contributed by atoms with E-state index in [1.165, 1.54) is 26.4 Å². The second kappa shape index (κ2) is 21.8. The average molecular weight is 758 g/mol. The van der Waals surface area contributed by atoms with Crippen LogP contribution in [0, 0.1) is 10.1 Å². The lowest BCUT2D eigenvalue weighted by Crippen LogP contribution is -2.44. The van der Waals surface area contributed by atoms with Crippen LogP contribution in [0.5, 0.6) is 17.4 Å². The molecule has 0 unspecified atom stereocenters. The van der Waals surface area contributed by atoms with Crippen LogP contribution in [0.3, 0.4) is 0 Å². The van der Waals surface area contributed by atoms with Crippen molar-refractivity contribution in [2.45, 2.75) is 51.9 Å². The number of nitrogens with one attached hydrogen (secondary N) is 1. The molecule has 20 nitrogen and oxygen atoms in total. The van der Waals surface area contributed by atoms with Crippen molar-refractivity contribution >= 4 is 41.4 Å². The Morgan fingerprint density at radius 2 is 1.77 bits per heavy atom. The molecule has 1 atom stereocenters. The van der Waals surface area contributed by atoms with E-state index in [2.05, 4.69) is 18.9 Å². The van der Waals surface area contributed by atoms with Crippen LogP contribution in [0.15, 0.2) is 24.3 Å². The first-order chi connectivity index (χ1) is 24.6. The van der Waals surface area contributed by atoms with Gasteiger partial charge in [-0.05, 0) is 33.3 Å². The minimum atomic E-state index is -1.26. The predicted octanol–water partition coefficient (Wildman–Crippen LogP) is 2.13. The van der Waals surface area contributed by atoms with E-state index in [9.17, 15) is 29.3 Å². The Morgan fingerprint density at radius 3 is 2.35 bits per heavy atom. The molecule has 3 rings (SSSR count). The number of nitrogens with zero attached hydrogens (tertiary/aromatic N) is 4. The molecule has 1 aliphatic rings. The van der Waals surface area contributed by atoms with Crippen molar-refractivity contribution in [3.05, 3.63) is 45.5 Å². The molecule has 1 aromatic heterocycles. The van der Waals surface area contributed by atoms with Crippen molar-refractivity contribution in [1.82, 2.24) is 14.1 Å². The number of esters is 2. The molecule has 0 amide bonds. The van der Waals surface area contributed by atoms with E-state index in [1.54, 1.807) is 0 Å². The second-order valence-electron chi connectivity index (χ2n) is 11.7. The lowest BCUT2D eigenvalue weighted by Gasteiger charge is -2.28. The minimum Gasteiger partial charge on any atom is -0.497 e. The number of carboxylic acid groups (broad SMARTS) is 2. The molecular weight excluding hydrogens is 714 g/mol. The van der Waals surface area contributed by atoms with Gasteiger partial charge in [0.2, 0.25) is 5.82 Å². The number of hydrogen-bond donors (Lipinski definition) is 3. The van der Waals surface area contributed by atoms with Gasteiger partial charge in [0, 0.05) is 55.4 Å². The van der Waals surface area contributed by atoms with E-state index in [4.69, 9.17) is 38.6 Å². The zero-order chi connectivity index (χ0) is 38.7. The summed E-state index contributed by atoms with van der Waals surface area (Å²) in [7, 11) is 2.84. The SMILES string of the molecule is COc1cc(COC(=O)CCCO[N+](=O)[O-])c(C(=O)O[C@@H](CNC(C)(C)C)COc2nsnc2N2CCOCC2)c(OC)c1.O=C(O)/C=C\C(=O)O. The highest BCUT2D eigenvalue weighted by molar-refractivity contribution is 6.99. The van der Waals surface area contributed by atoms with Gasteiger partial charge in [0.15, 0.2) is 0 Å². The van der Waals surface area contributed by atoms with Gasteiger partial charge in [0.1, 0.15) is 36.4 Å². The molecule has 1 aromatic carbocycles. The van der Waals surface area contributed by atoms with Crippen molar-refractivity contribution in [2.24, 2.45) is 0 Å². The topological polar surface area (TPSA) is 258 Å². The monoisotopic (exact) mass is 757 g/mol. The van der Waals surface area contributed by atoms with Crippen LogP contribution in [-0.2, 0) is 40.0 Å². The number of anilines is 1. The Bertz CT molecular complexity index is 1510. The molecule has 0 saturated carbocycles. The molecule has 1 aliphatic heterocycles. The summed E-state index contributed by atoms with van der Waals surface area (Å²) >= 11 is 1.03. The fraction of sp³-hybridized carbons (Fsp3) is 0.548. The molecule has 2 aromatic rings. The van der Waals surface area contributed by atoms with E-state index in [-0.39, 0.29) is 61.6 Å². The van der Waals surface area contributed by atoms with Crippen molar-refractivity contribution < 1.29 is 67.7 Å².